The Kier molecular flexibility index (Phi) is 2.87. The topological polar surface area (TPSA) is 40.5 Å². The summed E-state index contributed by atoms with van der Waals surface area (Å²) in [5.41, 5.74) is -0.702. The molecule has 2 heterocycles. The van der Waals surface area contributed by atoms with Gasteiger partial charge in [-0.05, 0) is 23.4 Å². The maximum atomic E-state index is 12.3. The van der Waals surface area contributed by atoms with Gasteiger partial charge in [0.1, 0.15) is 5.60 Å². The molecule has 0 saturated carbocycles. The zero-order valence-electron chi connectivity index (χ0n) is 11.1. The SMILES string of the molecule is CC(C)C1(O)CN(C(=O)c2cc3ccccc3s2)C1. The van der Waals surface area contributed by atoms with Crippen molar-refractivity contribution in [1.29, 1.82) is 0 Å². The summed E-state index contributed by atoms with van der Waals surface area (Å²) < 4.78 is 1.13. The number of β-amino-alcohol motifs (C(OH)–C–C–N with tert-alkyl or cyclic N) is 1. The quantitative estimate of drug-likeness (QED) is 0.915. The highest BCUT2D eigenvalue weighted by Crippen LogP contribution is 2.32. The highest BCUT2D eigenvalue weighted by Gasteiger charge is 2.46. The van der Waals surface area contributed by atoms with Crippen LogP contribution in [0.4, 0.5) is 0 Å². The fourth-order valence-electron chi connectivity index (χ4n) is 2.37. The van der Waals surface area contributed by atoms with Crippen LogP contribution in [0.2, 0.25) is 0 Å². The number of fused-ring (bicyclic) bond motifs is 1. The minimum Gasteiger partial charge on any atom is -0.386 e. The van der Waals surface area contributed by atoms with Gasteiger partial charge in [-0.3, -0.25) is 4.79 Å². The van der Waals surface area contributed by atoms with Crippen LogP contribution in [-0.2, 0) is 0 Å². The van der Waals surface area contributed by atoms with E-state index in [9.17, 15) is 9.90 Å². The Bertz CT molecular complexity index is 593. The molecule has 0 aliphatic carbocycles. The predicted molar refractivity (Wildman–Crippen MR) is 77.5 cm³/mol. The molecular formula is C15H17NO2S. The standard InChI is InChI=1S/C15H17NO2S/c1-10(2)15(18)8-16(9-15)14(17)13-7-11-5-3-4-6-12(11)19-13/h3-7,10,18H,8-9H2,1-2H3. The molecule has 1 aromatic carbocycles. The molecule has 3 nitrogen and oxygen atoms in total. The second kappa shape index (κ2) is 4.32. The number of amides is 1. The fraction of sp³-hybridized carbons (Fsp3) is 0.400. The van der Waals surface area contributed by atoms with E-state index >= 15 is 0 Å². The normalized spacial score (nSPS) is 17.8. The minimum atomic E-state index is -0.702. The van der Waals surface area contributed by atoms with Crippen LogP contribution < -0.4 is 0 Å². The van der Waals surface area contributed by atoms with Gasteiger partial charge >= 0.3 is 0 Å². The Hall–Kier alpha value is -1.39. The van der Waals surface area contributed by atoms with Crippen LogP contribution in [0.25, 0.3) is 10.1 Å². The molecule has 0 bridgehead atoms. The Morgan fingerprint density at radius 2 is 2.05 bits per heavy atom. The highest BCUT2D eigenvalue weighted by atomic mass is 32.1. The molecule has 1 N–H and O–H groups in total. The van der Waals surface area contributed by atoms with Crippen LogP contribution in [0.5, 0.6) is 0 Å². The fourth-order valence-corrected chi connectivity index (χ4v) is 3.40. The zero-order valence-corrected chi connectivity index (χ0v) is 11.9. The van der Waals surface area contributed by atoms with Crippen molar-refractivity contribution in [2.24, 2.45) is 5.92 Å². The van der Waals surface area contributed by atoms with Gasteiger partial charge in [-0.1, -0.05) is 32.0 Å². The van der Waals surface area contributed by atoms with Crippen molar-refractivity contribution >= 4 is 27.3 Å². The summed E-state index contributed by atoms with van der Waals surface area (Å²) in [7, 11) is 0. The summed E-state index contributed by atoms with van der Waals surface area (Å²) >= 11 is 1.52. The van der Waals surface area contributed by atoms with E-state index < -0.39 is 5.60 Å². The molecule has 3 rings (SSSR count). The third-order valence-corrected chi connectivity index (χ3v) is 5.03. The van der Waals surface area contributed by atoms with Crippen molar-refractivity contribution in [1.82, 2.24) is 4.90 Å². The molecule has 0 spiro atoms. The average molecular weight is 275 g/mol. The van der Waals surface area contributed by atoms with Gasteiger partial charge in [0.25, 0.3) is 5.91 Å². The lowest BCUT2D eigenvalue weighted by molar-refractivity contribution is -0.110. The third-order valence-electron chi connectivity index (χ3n) is 3.93. The zero-order chi connectivity index (χ0) is 13.6. The Morgan fingerprint density at radius 1 is 1.37 bits per heavy atom. The van der Waals surface area contributed by atoms with E-state index in [1.165, 1.54) is 11.3 Å². The number of carbonyl (C=O) groups is 1. The monoisotopic (exact) mass is 275 g/mol. The summed E-state index contributed by atoms with van der Waals surface area (Å²) in [6.07, 6.45) is 0. The minimum absolute atomic E-state index is 0.0338. The van der Waals surface area contributed by atoms with E-state index in [0.29, 0.717) is 13.1 Å². The first-order valence-electron chi connectivity index (χ1n) is 6.50. The maximum Gasteiger partial charge on any atom is 0.264 e. The number of thiophene rings is 1. The van der Waals surface area contributed by atoms with E-state index in [4.69, 9.17) is 0 Å². The smallest absolute Gasteiger partial charge is 0.264 e. The number of benzene rings is 1. The maximum absolute atomic E-state index is 12.3. The predicted octanol–water partition coefficient (Wildman–Crippen LogP) is 2.74. The molecule has 100 valence electrons. The molecule has 1 amide bonds. The molecular weight excluding hydrogens is 258 g/mol. The van der Waals surface area contributed by atoms with Gasteiger partial charge in [0.2, 0.25) is 0 Å². The van der Waals surface area contributed by atoms with Crippen LogP contribution in [0.15, 0.2) is 30.3 Å². The molecule has 1 saturated heterocycles. The van der Waals surface area contributed by atoms with Gasteiger partial charge in [0.05, 0.1) is 18.0 Å². The lowest BCUT2D eigenvalue weighted by Crippen LogP contribution is -2.65. The summed E-state index contributed by atoms with van der Waals surface area (Å²) in [6, 6.07) is 9.94. The first-order valence-corrected chi connectivity index (χ1v) is 7.31. The molecule has 4 heteroatoms. The number of hydrogen-bond donors (Lipinski definition) is 1. The van der Waals surface area contributed by atoms with Crippen molar-refractivity contribution in [3.63, 3.8) is 0 Å². The number of carbonyl (C=O) groups excluding carboxylic acids is 1. The van der Waals surface area contributed by atoms with E-state index in [2.05, 4.69) is 0 Å². The third kappa shape index (κ3) is 2.05. The van der Waals surface area contributed by atoms with Crippen molar-refractivity contribution in [2.45, 2.75) is 19.4 Å². The average Bonchev–Trinajstić information content (AvgIpc) is 2.77. The van der Waals surface area contributed by atoms with E-state index in [1.807, 2.05) is 44.2 Å². The van der Waals surface area contributed by atoms with Crippen LogP contribution in [0.1, 0.15) is 23.5 Å². The first kappa shape index (κ1) is 12.6. The van der Waals surface area contributed by atoms with Crippen LogP contribution in [0.3, 0.4) is 0 Å². The molecule has 1 aliphatic rings. The molecule has 0 unspecified atom stereocenters. The summed E-state index contributed by atoms with van der Waals surface area (Å²) in [5.74, 6) is 0.213. The summed E-state index contributed by atoms with van der Waals surface area (Å²) in [4.78, 5) is 14.8. The molecule has 1 aliphatic heterocycles. The summed E-state index contributed by atoms with van der Waals surface area (Å²) in [6.45, 7) is 4.86. The number of nitrogens with zero attached hydrogens (tertiary/aromatic N) is 1. The van der Waals surface area contributed by atoms with Crippen molar-refractivity contribution in [2.75, 3.05) is 13.1 Å². The largest absolute Gasteiger partial charge is 0.386 e. The highest BCUT2D eigenvalue weighted by molar-refractivity contribution is 7.20. The number of aliphatic hydroxyl groups is 1. The van der Waals surface area contributed by atoms with E-state index in [0.717, 1.165) is 15.0 Å². The Balaban J connectivity index is 1.79. The Labute approximate surface area is 116 Å². The molecule has 0 atom stereocenters. The van der Waals surface area contributed by atoms with Crippen LogP contribution >= 0.6 is 11.3 Å². The van der Waals surface area contributed by atoms with Crippen molar-refractivity contribution in [3.05, 3.63) is 35.2 Å². The van der Waals surface area contributed by atoms with Gasteiger partial charge < -0.3 is 10.0 Å². The summed E-state index contributed by atoms with van der Waals surface area (Å²) in [5, 5.41) is 11.3. The number of hydrogen-bond acceptors (Lipinski definition) is 3. The van der Waals surface area contributed by atoms with E-state index in [-0.39, 0.29) is 11.8 Å². The first-order chi connectivity index (χ1) is 8.99. The molecule has 2 aromatic rings. The lowest BCUT2D eigenvalue weighted by Gasteiger charge is -2.48. The van der Waals surface area contributed by atoms with Gasteiger partial charge in [-0.15, -0.1) is 11.3 Å². The van der Waals surface area contributed by atoms with Crippen molar-refractivity contribution < 1.29 is 9.90 Å². The molecule has 0 radical (unpaired) electrons. The Morgan fingerprint density at radius 3 is 2.68 bits per heavy atom. The number of rotatable bonds is 2. The molecule has 1 aromatic heterocycles. The second-order valence-electron chi connectivity index (χ2n) is 5.57. The van der Waals surface area contributed by atoms with Gasteiger partial charge in [-0.2, -0.15) is 0 Å². The van der Waals surface area contributed by atoms with Gasteiger partial charge in [0.15, 0.2) is 0 Å². The molecule has 19 heavy (non-hydrogen) atoms. The lowest BCUT2D eigenvalue weighted by atomic mass is 9.83. The van der Waals surface area contributed by atoms with Crippen LogP contribution in [0, 0.1) is 5.92 Å². The van der Waals surface area contributed by atoms with E-state index in [1.54, 1.807) is 4.90 Å². The van der Waals surface area contributed by atoms with Gasteiger partial charge in [-0.25, -0.2) is 0 Å². The molecule has 1 fully saturated rings. The van der Waals surface area contributed by atoms with Crippen LogP contribution in [-0.4, -0.2) is 34.6 Å². The van der Waals surface area contributed by atoms with Crippen molar-refractivity contribution in [3.8, 4) is 0 Å². The number of likely N-dealkylation sites (tertiary alicyclic amines) is 1. The second-order valence-corrected chi connectivity index (χ2v) is 6.65. The van der Waals surface area contributed by atoms with Gasteiger partial charge in [0, 0.05) is 4.70 Å².